The van der Waals surface area contributed by atoms with Gasteiger partial charge in [0.15, 0.2) is 0 Å². The van der Waals surface area contributed by atoms with E-state index >= 15 is 0 Å². The molecular weight excluding hydrogens is 194 g/mol. The topological polar surface area (TPSA) is 15.8 Å². The van der Waals surface area contributed by atoms with Crippen molar-refractivity contribution in [1.29, 1.82) is 0 Å². The average molecular weight is 206 g/mol. The number of fused-ring (bicyclic) bond motifs is 1. The van der Waals surface area contributed by atoms with E-state index in [1.54, 1.807) is 0 Å². The van der Waals surface area contributed by atoms with Crippen LogP contribution in [0.1, 0.15) is 30.7 Å². The predicted octanol–water partition coefficient (Wildman–Crippen LogP) is 4.09. The van der Waals surface area contributed by atoms with Gasteiger partial charge in [0.2, 0.25) is 0 Å². The molecule has 0 bridgehead atoms. The van der Waals surface area contributed by atoms with Gasteiger partial charge in [0, 0.05) is 11.6 Å². The van der Waals surface area contributed by atoms with E-state index in [0.717, 1.165) is 16.5 Å². The van der Waals surface area contributed by atoms with Crippen LogP contribution < -0.4 is 0 Å². The minimum absolute atomic E-state index is 0.766. The maximum atomic E-state index is 6.11. The molecule has 1 saturated carbocycles. The lowest BCUT2D eigenvalue weighted by Gasteiger charge is -2.24. The van der Waals surface area contributed by atoms with Gasteiger partial charge in [-0.15, -0.1) is 0 Å². The minimum Gasteiger partial charge on any atom is -0.360 e. The number of H-pyrrole nitrogens is 1. The Morgan fingerprint density at radius 3 is 2.86 bits per heavy atom. The van der Waals surface area contributed by atoms with E-state index in [0.29, 0.717) is 0 Å². The smallest absolute Gasteiger partial charge is 0.0647 e. The molecule has 1 fully saturated rings. The van der Waals surface area contributed by atoms with Crippen molar-refractivity contribution in [1.82, 2.24) is 4.98 Å². The molecule has 1 aromatic heterocycles. The highest BCUT2D eigenvalue weighted by molar-refractivity contribution is 6.35. The molecule has 1 N–H and O–H groups in total. The summed E-state index contributed by atoms with van der Waals surface area (Å²) in [7, 11) is 0. The lowest BCUT2D eigenvalue weighted by molar-refractivity contribution is 0.422. The second kappa shape index (κ2) is 3.03. The lowest BCUT2D eigenvalue weighted by atomic mass is 9.80. The van der Waals surface area contributed by atoms with E-state index in [2.05, 4.69) is 17.2 Å². The molecule has 1 aliphatic rings. The summed E-state index contributed by atoms with van der Waals surface area (Å²) in [6.07, 6.45) is 6.16. The van der Waals surface area contributed by atoms with Crippen molar-refractivity contribution < 1.29 is 0 Å². The molecule has 14 heavy (non-hydrogen) atoms. The second-order valence-corrected chi connectivity index (χ2v) is 4.44. The summed E-state index contributed by atoms with van der Waals surface area (Å²) in [5, 5.41) is 2.13. The zero-order chi connectivity index (χ0) is 9.54. The number of para-hydroxylation sites is 1. The molecule has 1 nitrogen and oxygen atoms in total. The van der Waals surface area contributed by atoms with Gasteiger partial charge in [0.05, 0.1) is 10.5 Å². The monoisotopic (exact) mass is 205 g/mol. The van der Waals surface area contributed by atoms with Crippen molar-refractivity contribution in [3.63, 3.8) is 0 Å². The van der Waals surface area contributed by atoms with Crippen molar-refractivity contribution in [3.8, 4) is 0 Å². The molecule has 1 aliphatic carbocycles. The minimum atomic E-state index is 0.766. The van der Waals surface area contributed by atoms with Crippen molar-refractivity contribution in [2.45, 2.75) is 25.2 Å². The average Bonchev–Trinajstić information content (AvgIpc) is 2.48. The lowest BCUT2D eigenvalue weighted by Crippen LogP contribution is -2.07. The summed E-state index contributed by atoms with van der Waals surface area (Å²) >= 11 is 6.11. The largest absolute Gasteiger partial charge is 0.360 e. The van der Waals surface area contributed by atoms with Crippen LogP contribution in [-0.2, 0) is 0 Å². The summed E-state index contributed by atoms with van der Waals surface area (Å²) in [6, 6.07) is 6.12. The van der Waals surface area contributed by atoms with Crippen molar-refractivity contribution >= 4 is 22.5 Å². The summed E-state index contributed by atoms with van der Waals surface area (Å²) in [6.45, 7) is 0. The van der Waals surface area contributed by atoms with Crippen LogP contribution in [0, 0.1) is 0 Å². The van der Waals surface area contributed by atoms with Crippen LogP contribution in [0.5, 0.6) is 0 Å². The third-order valence-corrected chi connectivity index (χ3v) is 3.56. The Balaban J connectivity index is 2.20. The van der Waals surface area contributed by atoms with Gasteiger partial charge >= 0.3 is 0 Å². The van der Waals surface area contributed by atoms with Crippen LogP contribution in [0.2, 0.25) is 5.02 Å². The fourth-order valence-electron chi connectivity index (χ4n) is 2.20. The third-order valence-electron chi connectivity index (χ3n) is 3.24. The molecule has 0 atom stereocenters. The van der Waals surface area contributed by atoms with Crippen LogP contribution in [0.25, 0.3) is 10.9 Å². The van der Waals surface area contributed by atoms with Crippen LogP contribution in [-0.4, -0.2) is 4.98 Å². The van der Waals surface area contributed by atoms with Crippen molar-refractivity contribution in [2.24, 2.45) is 0 Å². The predicted molar refractivity (Wildman–Crippen MR) is 59.9 cm³/mol. The first-order chi connectivity index (χ1) is 6.86. The Morgan fingerprint density at radius 2 is 2.14 bits per heavy atom. The van der Waals surface area contributed by atoms with E-state index < -0.39 is 0 Å². The maximum absolute atomic E-state index is 6.11. The number of aromatic nitrogens is 1. The van der Waals surface area contributed by atoms with Crippen molar-refractivity contribution in [3.05, 3.63) is 35.0 Å². The second-order valence-electron chi connectivity index (χ2n) is 4.03. The van der Waals surface area contributed by atoms with E-state index in [4.69, 9.17) is 11.6 Å². The molecule has 2 heteroatoms. The summed E-state index contributed by atoms with van der Waals surface area (Å²) in [5.41, 5.74) is 2.55. The van der Waals surface area contributed by atoms with Crippen LogP contribution in [0.4, 0.5) is 0 Å². The Hall–Kier alpha value is -0.950. The zero-order valence-corrected chi connectivity index (χ0v) is 8.64. The number of nitrogens with one attached hydrogen (secondary N) is 1. The van der Waals surface area contributed by atoms with Gasteiger partial charge in [0.1, 0.15) is 0 Å². The highest BCUT2D eigenvalue weighted by atomic mass is 35.5. The molecule has 0 unspecified atom stereocenters. The molecule has 0 radical (unpaired) electrons. The van der Waals surface area contributed by atoms with Crippen molar-refractivity contribution in [2.75, 3.05) is 0 Å². The number of rotatable bonds is 1. The first kappa shape index (κ1) is 8.37. The Labute approximate surface area is 88.1 Å². The van der Waals surface area contributed by atoms with Gasteiger partial charge in [-0.25, -0.2) is 0 Å². The quantitative estimate of drug-likeness (QED) is 0.722. The van der Waals surface area contributed by atoms with E-state index in [9.17, 15) is 0 Å². The molecule has 0 spiro atoms. The standard InChI is InChI=1S/C12H12ClN/c13-11-6-2-5-9-10(7-14-12(9)11)8-3-1-4-8/h2,5-8,14H,1,3-4H2. The molecule has 0 amide bonds. The van der Waals surface area contributed by atoms with Gasteiger partial charge in [0.25, 0.3) is 0 Å². The molecular formula is C12H12ClN. The van der Waals surface area contributed by atoms with Gasteiger partial charge < -0.3 is 4.98 Å². The Kier molecular flexibility index (Phi) is 1.81. The van der Waals surface area contributed by atoms with Gasteiger partial charge in [-0.1, -0.05) is 30.2 Å². The van der Waals surface area contributed by atoms with Gasteiger partial charge in [-0.3, -0.25) is 0 Å². The highest BCUT2D eigenvalue weighted by Gasteiger charge is 2.22. The van der Waals surface area contributed by atoms with E-state index in [-0.39, 0.29) is 0 Å². The normalized spacial score (nSPS) is 17.2. The SMILES string of the molecule is Clc1cccc2c(C3CCC3)c[nH]c12. The van der Waals surface area contributed by atoms with Gasteiger partial charge in [-0.05, 0) is 30.4 Å². The summed E-state index contributed by atoms with van der Waals surface area (Å²) in [5.74, 6) is 0.766. The fraction of sp³-hybridized carbons (Fsp3) is 0.333. The summed E-state index contributed by atoms with van der Waals surface area (Å²) < 4.78 is 0. The number of benzene rings is 1. The third kappa shape index (κ3) is 1.09. The molecule has 0 saturated heterocycles. The van der Waals surface area contributed by atoms with E-state index in [1.165, 1.54) is 30.2 Å². The molecule has 3 rings (SSSR count). The Morgan fingerprint density at radius 1 is 1.29 bits per heavy atom. The molecule has 0 aliphatic heterocycles. The van der Waals surface area contributed by atoms with E-state index in [1.807, 2.05) is 12.1 Å². The fourth-order valence-corrected chi connectivity index (χ4v) is 2.43. The van der Waals surface area contributed by atoms with Crippen LogP contribution in [0.15, 0.2) is 24.4 Å². The number of halogens is 1. The first-order valence-corrected chi connectivity index (χ1v) is 5.49. The molecule has 1 aromatic carbocycles. The number of hydrogen-bond acceptors (Lipinski definition) is 0. The zero-order valence-electron chi connectivity index (χ0n) is 7.89. The highest BCUT2D eigenvalue weighted by Crippen LogP contribution is 2.40. The Bertz CT molecular complexity index is 468. The molecule has 2 aromatic rings. The van der Waals surface area contributed by atoms with Crippen LogP contribution >= 0.6 is 11.6 Å². The van der Waals surface area contributed by atoms with Gasteiger partial charge in [-0.2, -0.15) is 0 Å². The summed E-state index contributed by atoms with van der Waals surface area (Å²) in [4.78, 5) is 3.27. The molecule has 72 valence electrons. The molecule has 1 heterocycles. The van der Waals surface area contributed by atoms with Crippen LogP contribution in [0.3, 0.4) is 0 Å². The number of aromatic amines is 1. The number of hydrogen-bond donors (Lipinski definition) is 1. The first-order valence-electron chi connectivity index (χ1n) is 5.12. The maximum Gasteiger partial charge on any atom is 0.0647 e.